The van der Waals surface area contributed by atoms with Gasteiger partial charge in [0.1, 0.15) is 5.75 Å². The fourth-order valence-corrected chi connectivity index (χ4v) is 3.48. The molecule has 1 saturated heterocycles. The van der Waals surface area contributed by atoms with Gasteiger partial charge in [0.15, 0.2) is 5.96 Å². The summed E-state index contributed by atoms with van der Waals surface area (Å²) in [4.78, 5) is 19.8. The molecule has 11 heteroatoms. The van der Waals surface area contributed by atoms with E-state index in [2.05, 4.69) is 15.0 Å². The lowest BCUT2D eigenvalue weighted by Crippen LogP contribution is -2.54. The summed E-state index contributed by atoms with van der Waals surface area (Å²) in [6, 6.07) is 6.21. The molecule has 0 spiro atoms. The van der Waals surface area contributed by atoms with Crippen LogP contribution in [-0.4, -0.2) is 74.1 Å². The number of nitrogens with zero attached hydrogens (tertiary/aromatic N) is 3. The fraction of sp³-hybridized carbons (Fsp3) is 0.579. The smallest absolute Gasteiger partial charge is 0.450 e. The third-order valence-electron chi connectivity index (χ3n) is 4.97. The number of hydrogen-bond acceptors (Lipinski definition) is 4. The lowest BCUT2D eigenvalue weighted by molar-refractivity contribution is -0.274. The van der Waals surface area contributed by atoms with E-state index in [9.17, 15) is 18.0 Å². The Morgan fingerprint density at radius 2 is 1.83 bits per heavy atom. The van der Waals surface area contributed by atoms with E-state index in [0.717, 1.165) is 0 Å². The SMILES string of the molecule is CCOC(=O)N1CCN(C(=NC)NC2CC2c2ccccc2OC(F)(F)F)CC1.I. The minimum absolute atomic E-state index is 0. The number of guanidine groups is 1. The minimum Gasteiger partial charge on any atom is -0.450 e. The first-order chi connectivity index (χ1) is 13.8. The van der Waals surface area contributed by atoms with Crippen molar-refractivity contribution in [1.29, 1.82) is 0 Å². The first-order valence-electron chi connectivity index (χ1n) is 9.57. The maximum atomic E-state index is 12.6. The Hall–Kier alpha value is -1.92. The average Bonchev–Trinajstić information content (AvgIpc) is 3.44. The predicted octanol–water partition coefficient (Wildman–Crippen LogP) is 3.41. The topological polar surface area (TPSA) is 66.4 Å². The first-order valence-corrected chi connectivity index (χ1v) is 9.57. The van der Waals surface area contributed by atoms with Crippen molar-refractivity contribution in [1.82, 2.24) is 15.1 Å². The number of rotatable bonds is 4. The first kappa shape index (κ1) is 24.4. The quantitative estimate of drug-likeness (QED) is 0.359. The number of amides is 1. The number of aliphatic imine (C=N–C) groups is 1. The monoisotopic (exact) mass is 542 g/mol. The van der Waals surface area contributed by atoms with Crippen molar-refractivity contribution in [2.75, 3.05) is 39.8 Å². The van der Waals surface area contributed by atoms with Gasteiger partial charge in [0, 0.05) is 45.2 Å². The van der Waals surface area contributed by atoms with Crippen molar-refractivity contribution in [2.45, 2.75) is 31.7 Å². The molecule has 30 heavy (non-hydrogen) atoms. The van der Waals surface area contributed by atoms with Crippen molar-refractivity contribution < 1.29 is 27.4 Å². The second-order valence-electron chi connectivity index (χ2n) is 6.90. The van der Waals surface area contributed by atoms with Crippen LogP contribution in [0.25, 0.3) is 0 Å². The van der Waals surface area contributed by atoms with E-state index in [-0.39, 0.29) is 47.8 Å². The summed E-state index contributed by atoms with van der Waals surface area (Å²) in [6.45, 7) is 4.35. The zero-order valence-corrected chi connectivity index (χ0v) is 19.1. The van der Waals surface area contributed by atoms with Gasteiger partial charge in [0.05, 0.1) is 6.61 Å². The average molecular weight is 542 g/mol. The molecule has 2 unspecified atom stereocenters. The van der Waals surface area contributed by atoms with Crippen LogP contribution in [0, 0.1) is 0 Å². The summed E-state index contributed by atoms with van der Waals surface area (Å²) in [7, 11) is 1.66. The number of hydrogen-bond donors (Lipinski definition) is 1. The van der Waals surface area contributed by atoms with Crippen LogP contribution in [0.15, 0.2) is 29.3 Å². The Morgan fingerprint density at radius 1 is 1.20 bits per heavy atom. The van der Waals surface area contributed by atoms with Crippen LogP contribution in [-0.2, 0) is 4.74 Å². The molecule has 2 fully saturated rings. The summed E-state index contributed by atoms with van der Waals surface area (Å²) >= 11 is 0. The number of nitrogens with one attached hydrogen (secondary N) is 1. The number of para-hydroxylation sites is 1. The van der Waals surface area contributed by atoms with Crippen LogP contribution < -0.4 is 10.1 Å². The lowest BCUT2D eigenvalue weighted by Gasteiger charge is -2.36. The second-order valence-corrected chi connectivity index (χ2v) is 6.90. The van der Waals surface area contributed by atoms with Crippen molar-refractivity contribution in [3.8, 4) is 5.75 Å². The highest BCUT2D eigenvalue weighted by Crippen LogP contribution is 2.45. The van der Waals surface area contributed by atoms with Crippen LogP contribution >= 0.6 is 24.0 Å². The van der Waals surface area contributed by atoms with Gasteiger partial charge in [0.2, 0.25) is 0 Å². The Kier molecular flexibility index (Phi) is 8.44. The van der Waals surface area contributed by atoms with E-state index < -0.39 is 6.36 Å². The summed E-state index contributed by atoms with van der Waals surface area (Å²) in [5, 5.41) is 3.32. The Bertz CT molecular complexity index is 755. The van der Waals surface area contributed by atoms with Gasteiger partial charge in [-0.2, -0.15) is 0 Å². The maximum absolute atomic E-state index is 12.6. The third kappa shape index (κ3) is 6.29. The molecule has 0 radical (unpaired) electrons. The molecule has 0 bridgehead atoms. The molecule has 7 nitrogen and oxygen atoms in total. The van der Waals surface area contributed by atoms with Gasteiger partial charge in [-0.1, -0.05) is 18.2 Å². The molecular formula is C19H26F3IN4O3. The molecule has 1 aliphatic heterocycles. The third-order valence-corrected chi connectivity index (χ3v) is 4.97. The molecule has 1 saturated carbocycles. The molecular weight excluding hydrogens is 516 g/mol. The van der Waals surface area contributed by atoms with E-state index in [4.69, 9.17) is 4.74 Å². The second kappa shape index (κ2) is 10.4. The highest BCUT2D eigenvalue weighted by molar-refractivity contribution is 14.0. The van der Waals surface area contributed by atoms with Gasteiger partial charge < -0.3 is 24.6 Å². The molecule has 1 aliphatic carbocycles. The van der Waals surface area contributed by atoms with E-state index in [0.29, 0.717) is 50.7 Å². The van der Waals surface area contributed by atoms with Gasteiger partial charge in [-0.15, -0.1) is 37.1 Å². The molecule has 168 valence electrons. The Morgan fingerprint density at radius 3 is 2.43 bits per heavy atom. The van der Waals surface area contributed by atoms with Crippen molar-refractivity contribution in [3.63, 3.8) is 0 Å². The van der Waals surface area contributed by atoms with Crippen LogP contribution in [0.1, 0.15) is 24.8 Å². The number of halogens is 4. The fourth-order valence-electron chi connectivity index (χ4n) is 3.48. The molecule has 2 aliphatic rings. The highest BCUT2D eigenvalue weighted by atomic mass is 127. The molecule has 1 N–H and O–H groups in total. The molecule has 1 aromatic rings. The number of piperazine rings is 1. The molecule has 2 atom stereocenters. The number of carbonyl (C=O) groups is 1. The van der Waals surface area contributed by atoms with Gasteiger partial charge in [-0.05, 0) is 25.0 Å². The van der Waals surface area contributed by atoms with Gasteiger partial charge >= 0.3 is 12.5 Å². The van der Waals surface area contributed by atoms with Crippen LogP contribution in [0.5, 0.6) is 5.75 Å². The number of alkyl halides is 3. The largest absolute Gasteiger partial charge is 0.573 e. The summed E-state index contributed by atoms with van der Waals surface area (Å²) in [6.07, 6.45) is -4.35. The van der Waals surface area contributed by atoms with Crippen LogP contribution in [0.4, 0.5) is 18.0 Å². The standard InChI is InChI=1S/C19H25F3N4O3.HI/c1-3-28-18(27)26-10-8-25(9-11-26)17(23-2)24-15-12-14(15)13-6-4-5-7-16(13)29-19(20,21)22;/h4-7,14-15H,3,8-12H2,1-2H3,(H,23,24);1H. The number of benzene rings is 1. The van der Waals surface area contributed by atoms with Crippen molar-refractivity contribution in [3.05, 3.63) is 29.8 Å². The van der Waals surface area contributed by atoms with Crippen molar-refractivity contribution >= 4 is 36.0 Å². The molecule has 1 heterocycles. The zero-order chi connectivity index (χ0) is 21.0. The summed E-state index contributed by atoms with van der Waals surface area (Å²) in [5.41, 5.74) is 0.532. The molecule has 0 aromatic heterocycles. The number of carbonyl (C=O) groups excluding carboxylic acids is 1. The molecule has 1 amide bonds. The predicted molar refractivity (Wildman–Crippen MR) is 116 cm³/mol. The van der Waals surface area contributed by atoms with Crippen LogP contribution in [0.3, 0.4) is 0 Å². The number of ether oxygens (including phenoxy) is 2. The minimum atomic E-state index is -4.72. The van der Waals surface area contributed by atoms with E-state index in [1.54, 1.807) is 31.0 Å². The highest BCUT2D eigenvalue weighted by Gasteiger charge is 2.43. The normalized spacial score (nSPS) is 21.6. The Labute approximate surface area is 190 Å². The summed E-state index contributed by atoms with van der Waals surface area (Å²) < 4.78 is 47.1. The maximum Gasteiger partial charge on any atom is 0.573 e. The zero-order valence-electron chi connectivity index (χ0n) is 16.8. The Balaban J connectivity index is 0.00000320. The van der Waals surface area contributed by atoms with Crippen molar-refractivity contribution in [2.24, 2.45) is 4.99 Å². The van der Waals surface area contributed by atoms with E-state index >= 15 is 0 Å². The summed E-state index contributed by atoms with van der Waals surface area (Å²) in [5.74, 6) is 0.439. The molecule has 1 aromatic carbocycles. The van der Waals surface area contributed by atoms with E-state index in [1.165, 1.54) is 12.1 Å². The lowest BCUT2D eigenvalue weighted by atomic mass is 10.1. The van der Waals surface area contributed by atoms with E-state index in [1.807, 2.05) is 4.90 Å². The molecule has 3 rings (SSSR count). The van der Waals surface area contributed by atoms with Gasteiger partial charge in [-0.3, -0.25) is 4.99 Å². The van der Waals surface area contributed by atoms with Gasteiger partial charge in [-0.25, -0.2) is 4.79 Å². The van der Waals surface area contributed by atoms with Crippen LogP contribution in [0.2, 0.25) is 0 Å². The van der Waals surface area contributed by atoms with Gasteiger partial charge in [0.25, 0.3) is 0 Å².